The van der Waals surface area contributed by atoms with E-state index >= 15 is 0 Å². The molecule has 2 aromatic carbocycles. The van der Waals surface area contributed by atoms with Crippen LogP contribution in [0.4, 0.5) is 13.2 Å². The first-order valence-corrected chi connectivity index (χ1v) is 11.9. The Labute approximate surface area is 195 Å². The van der Waals surface area contributed by atoms with Crippen LogP contribution in [0.25, 0.3) is 0 Å². The number of sulfone groups is 1. The van der Waals surface area contributed by atoms with Crippen molar-refractivity contribution < 1.29 is 26.4 Å². The fourth-order valence-corrected chi connectivity index (χ4v) is 4.87. The molecular weight excluding hydrogens is 481 g/mol. The third-order valence-corrected chi connectivity index (χ3v) is 6.98. The van der Waals surface area contributed by atoms with Crippen molar-refractivity contribution in [1.29, 1.82) is 0 Å². The second-order valence-electron chi connectivity index (χ2n) is 7.13. The highest BCUT2D eigenvalue weighted by Gasteiger charge is 2.34. The smallest absolute Gasteiger partial charge is 0.358 e. The molecule has 0 amide bonds. The van der Waals surface area contributed by atoms with Crippen molar-refractivity contribution in [3.63, 3.8) is 0 Å². The molecule has 0 unspecified atom stereocenters. The van der Waals surface area contributed by atoms with Gasteiger partial charge in [0.1, 0.15) is 21.6 Å². The molecule has 0 aliphatic carbocycles. The summed E-state index contributed by atoms with van der Waals surface area (Å²) in [5, 5.41) is 0. The van der Waals surface area contributed by atoms with Gasteiger partial charge in [-0.1, -0.05) is 73.0 Å². The van der Waals surface area contributed by atoms with Gasteiger partial charge in [-0.15, -0.1) is 0 Å². The summed E-state index contributed by atoms with van der Waals surface area (Å²) in [4.78, 5) is 14.9. The first-order chi connectivity index (χ1) is 14.8. The van der Waals surface area contributed by atoms with Gasteiger partial charge in [-0.2, -0.15) is 13.2 Å². The van der Waals surface area contributed by atoms with Crippen molar-refractivity contribution in [2.24, 2.45) is 0 Å². The van der Waals surface area contributed by atoms with Crippen molar-refractivity contribution in [2.45, 2.75) is 6.18 Å². The van der Waals surface area contributed by atoms with Crippen molar-refractivity contribution in [3.8, 4) is 0 Å². The monoisotopic (exact) mass is 502 g/mol. The van der Waals surface area contributed by atoms with Gasteiger partial charge in [0.2, 0.25) is 0 Å². The molecule has 0 aliphatic rings. The summed E-state index contributed by atoms with van der Waals surface area (Å²) >= 11 is 10.4. The molecule has 0 N–H and O–H groups in total. The SMILES string of the molecule is CN(CS(=O)(=O)CC(=O)CN(C)C(=S)c1ccccc1C(F)(F)F)C(=S)c1ccccc1. The van der Waals surface area contributed by atoms with Crippen LogP contribution in [0, 0.1) is 0 Å². The Kier molecular flexibility index (Phi) is 8.49. The quantitative estimate of drug-likeness (QED) is 0.512. The first kappa shape index (κ1) is 25.9. The Balaban J connectivity index is 2.02. The van der Waals surface area contributed by atoms with Gasteiger partial charge in [0.15, 0.2) is 15.6 Å². The Hall–Kier alpha value is -2.37. The molecule has 0 heterocycles. The summed E-state index contributed by atoms with van der Waals surface area (Å²) in [7, 11) is -1.01. The van der Waals surface area contributed by atoms with E-state index in [0.717, 1.165) is 11.0 Å². The molecule has 2 aromatic rings. The summed E-state index contributed by atoms with van der Waals surface area (Å²) in [5.41, 5.74) is -0.506. The summed E-state index contributed by atoms with van der Waals surface area (Å²) in [6.45, 7) is -0.447. The average molecular weight is 503 g/mol. The van der Waals surface area contributed by atoms with Gasteiger partial charge in [0, 0.05) is 25.2 Å². The molecule has 0 fully saturated rings. The van der Waals surface area contributed by atoms with Gasteiger partial charge in [0.25, 0.3) is 0 Å². The van der Waals surface area contributed by atoms with E-state index in [-0.39, 0.29) is 10.6 Å². The van der Waals surface area contributed by atoms with Crippen LogP contribution < -0.4 is 0 Å². The van der Waals surface area contributed by atoms with Crippen molar-refractivity contribution in [3.05, 3.63) is 71.3 Å². The van der Waals surface area contributed by atoms with E-state index in [1.54, 1.807) is 30.3 Å². The largest absolute Gasteiger partial charge is 0.417 e. The Bertz CT molecular complexity index is 1100. The van der Waals surface area contributed by atoms with Crippen LogP contribution in [0.5, 0.6) is 0 Å². The van der Waals surface area contributed by atoms with Gasteiger partial charge in [0.05, 0.1) is 12.1 Å². The van der Waals surface area contributed by atoms with E-state index in [1.807, 2.05) is 0 Å². The zero-order valence-electron chi connectivity index (χ0n) is 17.3. The number of alkyl halides is 3. The summed E-state index contributed by atoms with van der Waals surface area (Å²) in [6.07, 6.45) is -4.61. The minimum atomic E-state index is -4.61. The molecule has 5 nitrogen and oxygen atoms in total. The number of ketones is 1. The van der Waals surface area contributed by atoms with E-state index in [0.29, 0.717) is 10.6 Å². The lowest BCUT2D eigenvalue weighted by Gasteiger charge is -2.23. The molecule has 32 heavy (non-hydrogen) atoms. The van der Waals surface area contributed by atoms with E-state index in [1.165, 1.54) is 37.2 Å². The summed E-state index contributed by atoms with van der Waals surface area (Å²) in [5.74, 6) is -1.96. The molecule has 11 heteroatoms. The molecule has 0 aromatic heterocycles. The van der Waals surface area contributed by atoms with Crippen molar-refractivity contribution in [1.82, 2.24) is 9.80 Å². The van der Waals surface area contributed by atoms with Crippen LogP contribution in [0.1, 0.15) is 16.7 Å². The molecule has 0 aliphatic heterocycles. The number of hydrogen-bond acceptors (Lipinski definition) is 5. The standard InChI is InChI=1S/C21H21F3N2O3S3/c1-25(20(31)17-10-6-7-11-18(17)21(22,23)24)12-16(27)13-32(28,29)14-26(2)19(30)15-8-4-3-5-9-15/h3-11H,12-14H2,1-2H3. The average Bonchev–Trinajstić information content (AvgIpc) is 2.71. The minimum absolute atomic E-state index is 0.203. The zero-order chi connectivity index (χ0) is 24.1. The minimum Gasteiger partial charge on any atom is -0.358 e. The van der Waals surface area contributed by atoms with E-state index < -0.39 is 45.5 Å². The number of benzene rings is 2. The molecule has 0 radical (unpaired) electrons. The molecule has 2 rings (SSSR count). The number of thiocarbonyl (C=S) groups is 2. The molecule has 0 bridgehead atoms. The van der Waals surface area contributed by atoms with Crippen LogP contribution in [-0.2, 0) is 20.8 Å². The predicted octanol–water partition coefficient (Wildman–Crippen LogP) is 3.56. The lowest BCUT2D eigenvalue weighted by atomic mass is 10.1. The highest BCUT2D eigenvalue weighted by Crippen LogP contribution is 2.32. The van der Waals surface area contributed by atoms with Crippen molar-refractivity contribution >= 4 is 50.0 Å². The van der Waals surface area contributed by atoms with Crippen LogP contribution in [0.3, 0.4) is 0 Å². The van der Waals surface area contributed by atoms with Crippen molar-refractivity contribution in [2.75, 3.05) is 32.3 Å². The number of rotatable bonds is 8. The maximum absolute atomic E-state index is 13.2. The van der Waals surface area contributed by atoms with Gasteiger partial charge in [-0.3, -0.25) is 4.79 Å². The highest BCUT2D eigenvalue weighted by atomic mass is 32.2. The van der Waals surface area contributed by atoms with Crippen LogP contribution in [0.15, 0.2) is 54.6 Å². The number of halogens is 3. The van der Waals surface area contributed by atoms with Gasteiger partial charge in [-0.05, 0) is 6.07 Å². The molecule has 172 valence electrons. The number of hydrogen-bond donors (Lipinski definition) is 0. The van der Waals surface area contributed by atoms with Crippen LogP contribution in [-0.4, -0.2) is 66.2 Å². The third-order valence-electron chi connectivity index (χ3n) is 4.36. The lowest BCUT2D eigenvalue weighted by molar-refractivity contribution is -0.137. The lowest BCUT2D eigenvalue weighted by Crippen LogP contribution is -2.38. The number of carbonyl (C=O) groups is 1. The zero-order valence-corrected chi connectivity index (χ0v) is 19.7. The predicted molar refractivity (Wildman–Crippen MR) is 125 cm³/mol. The Morgan fingerprint density at radius 2 is 1.47 bits per heavy atom. The van der Waals surface area contributed by atoms with E-state index in [9.17, 15) is 26.4 Å². The second-order valence-corrected chi connectivity index (χ2v) is 9.94. The Morgan fingerprint density at radius 3 is 2.06 bits per heavy atom. The van der Waals surface area contributed by atoms with Gasteiger partial charge < -0.3 is 9.80 Å². The van der Waals surface area contributed by atoms with Gasteiger partial charge in [-0.25, -0.2) is 8.42 Å². The molecule has 0 spiro atoms. The molecule has 0 atom stereocenters. The van der Waals surface area contributed by atoms with E-state index in [4.69, 9.17) is 24.4 Å². The molecule has 0 saturated carbocycles. The number of carbonyl (C=O) groups excluding carboxylic acids is 1. The normalized spacial score (nSPS) is 11.7. The fourth-order valence-electron chi connectivity index (χ4n) is 2.95. The van der Waals surface area contributed by atoms with Gasteiger partial charge >= 0.3 is 6.18 Å². The maximum Gasteiger partial charge on any atom is 0.417 e. The highest BCUT2D eigenvalue weighted by molar-refractivity contribution is 7.92. The summed E-state index contributed by atoms with van der Waals surface area (Å²) < 4.78 is 64.6. The fraction of sp³-hybridized carbons (Fsp3) is 0.286. The second kappa shape index (κ2) is 10.5. The van der Waals surface area contributed by atoms with Crippen LogP contribution >= 0.6 is 24.4 Å². The topological polar surface area (TPSA) is 57.7 Å². The summed E-state index contributed by atoms with van der Waals surface area (Å²) in [6, 6.07) is 13.6. The number of nitrogens with zero attached hydrogens (tertiary/aromatic N) is 2. The number of Topliss-reactive ketones (excluding diaryl/α,β-unsaturated/α-hetero) is 1. The van der Waals surface area contributed by atoms with E-state index in [2.05, 4.69) is 0 Å². The molecular formula is C21H21F3N2O3S3. The molecule has 0 saturated heterocycles. The Morgan fingerprint density at radius 1 is 0.906 bits per heavy atom. The third kappa shape index (κ3) is 7.07. The maximum atomic E-state index is 13.2. The number of likely N-dealkylation sites (N-methyl/N-ethyl adjacent to an activating group) is 1. The van der Waals surface area contributed by atoms with Crippen LogP contribution in [0.2, 0.25) is 0 Å². The first-order valence-electron chi connectivity index (χ1n) is 9.26.